The lowest BCUT2D eigenvalue weighted by atomic mass is 9.82. The number of alkyl halides is 6. The SMILES string of the molecule is C=C/C=C(\C=C(/C)C(NCC(CC)(CC)c1nc(/C(C=C)=C/C)cs1)C(F)(F)F)c1noc(C(F)(F)F)n1. The van der Waals surface area contributed by atoms with E-state index in [2.05, 4.69) is 33.1 Å². The molecule has 0 spiro atoms. The van der Waals surface area contributed by atoms with Crippen molar-refractivity contribution in [2.75, 3.05) is 6.54 Å². The van der Waals surface area contributed by atoms with Gasteiger partial charge in [-0.25, -0.2) is 4.98 Å². The first kappa shape index (κ1) is 31.2. The maximum absolute atomic E-state index is 14.2. The van der Waals surface area contributed by atoms with Crippen molar-refractivity contribution in [3.8, 4) is 0 Å². The molecule has 0 amide bonds. The van der Waals surface area contributed by atoms with Crippen molar-refractivity contribution < 1.29 is 30.9 Å². The highest BCUT2D eigenvalue weighted by atomic mass is 32.1. The van der Waals surface area contributed by atoms with Crippen LogP contribution in [0.1, 0.15) is 63.0 Å². The second-order valence-electron chi connectivity index (χ2n) is 8.50. The van der Waals surface area contributed by atoms with Crippen molar-refractivity contribution in [3.63, 3.8) is 0 Å². The molecule has 1 N–H and O–H groups in total. The molecule has 0 fully saturated rings. The smallest absolute Gasteiger partial charge is 0.329 e. The minimum Gasteiger partial charge on any atom is -0.329 e. The molecule has 208 valence electrons. The summed E-state index contributed by atoms with van der Waals surface area (Å²) >= 11 is 1.38. The van der Waals surface area contributed by atoms with E-state index in [9.17, 15) is 26.3 Å². The lowest BCUT2D eigenvalue weighted by molar-refractivity contribution is -0.159. The molecule has 0 bridgehead atoms. The monoisotopic (exact) mass is 560 g/mol. The largest absolute Gasteiger partial charge is 0.471 e. The van der Waals surface area contributed by atoms with Crippen LogP contribution in [0.2, 0.25) is 0 Å². The van der Waals surface area contributed by atoms with Crippen molar-refractivity contribution >= 4 is 22.5 Å². The number of nitrogens with one attached hydrogen (secondary N) is 1. The maximum Gasteiger partial charge on any atom is 0.471 e. The standard InChI is InChI=1S/C26H30F6N4OS/c1-7-12-18(21-35-22(37-36-21)26(30,31)32)13-16(6)20(25(27,28)29)33-15-24(10-4,11-5)23-34-19(14-38-23)17(8-2)9-3/h7-9,12-14,20,33H,1-2,10-11,15H2,3-6H3/b16-13+,17-9+,18-12+. The number of allylic oxidation sites excluding steroid dienone is 7. The molecule has 0 saturated carbocycles. The van der Waals surface area contributed by atoms with E-state index in [1.807, 2.05) is 32.2 Å². The van der Waals surface area contributed by atoms with E-state index >= 15 is 0 Å². The van der Waals surface area contributed by atoms with Gasteiger partial charge in [-0.1, -0.05) is 62.5 Å². The fourth-order valence-electron chi connectivity index (χ4n) is 3.83. The van der Waals surface area contributed by atoms with Crippen LogP contribution in [0.15, 0.2) is 59.0 Å². The van der Waals surface area contributed by atoms with E-state index in [1.165, 1.54) is 30.4 Å². The third-order valence-corrected chi connectivity index (χ3v) is 7.26. The summed E-state index contributed by atoms with van der Waals surface area (Å²) in [5, 5.41) is 8.46. The first-order chi connectivity index (χ1) is 17.8. The predicted molar refractivity (Wildman–Crippen MR) is 137 cm³/mol. The summed E-state index contributed by atoms with van der Waals surface area (Å²) in [6, 6.07) is -2.10. The van der Waals surface area contributed by atoms with Gasteiger partial charge in [-0.15, -0.1) is 11.3 Å². The van der Waals surface area contributed by atoms with Crippen LogP contribution in [-0.4, -0.2) is 33.9 Å². The molecule has 38 heavy (non-hydrogen) atoms. The summed E-state index contributed by atoms with van der Waals surface area (Å²) in [5.74, 6) is -2.11. The minimum atomic E-state index is -4.89. The molecule has 0 saturated heterocycles. The Balaban J connectivity index is 2.42. The normalized spacial score (nSPS) is 15.1. The zero-order valence-corrected chi connectivity index (χ0v) is 22.3. The van der Waals surface area contributed by atoms with Crippen LogP contribution in [-0.2, 0) is 11.6 Å². The molecule has 0 aliphatic rings. The van der Waals surface area contributed by atoms with Crippen molar-refractivity contribution in [2.24, 2.45) is 0 Å². The van der Waals surface area contributed by atoms with E-state index in [4.69, 9.17) is 4.98 Å². The van der Waals surface area contributed by atoms with E-state index in [0.29, 0.717) is 23.5 Å². The second kappa shape index (κ2) is 12.7. The van der Waals surface area contributed by atoms with Gasteiger partial charge < -0.3 is 9.84 Å². The van der Waals surface area contributed by atoms with Gasteiger partial charge in [-0.3, -0.25) is 0 Å². The first-order valence-corrected chi connectivity index (χ1v) is 12.6. The van der Waals surface area contributed by atoms with Gasteiger partial charge in [0.25, 0.3) is 0 Å². The molecule has 2 rings (SSSR count). The van der Waals surface area contributed by atoms with Gasteiger partial charge in [0.2, 0.25) is 5.82 Å². The van der Waals surface area contributed by atoms with Crippen LogP contribution in [0.4, 0.5) is 26.3 Å². The van der Waals surface area contributed by atoms with E-state index in [0.717, 1.165) is 11.6 Å². The predicted octanol–water partition coefficient (Wildman–Crippen LogP) is 7.93. The Morgan fingerprint density at radius 1 is 1.11 bits per heavy atom. The number of hydrogen-bond donors (Lipinski definition) is 1. The average molecular weight is 561 g/mol. The third kappa shape index (κ3) is 7.31. The van der Waals surface area contributed by atoms with Crippen molar-refractivity contribution in [1.82, 2.24) is 20.4 Å². The molecular formula is C26H30F6N4OS. The molecule has 2 aromatic heterocycles. The molecule has 5 nitrogen and oxygen atoms in total. The lowest BCUT2D eigenvalue weighted by Gasteiger charge is -2.33. The van der Waals surface area contributed by atoms with Gasteiger partial charge >= 0.3 is 18.2 Å². The Morgan fingerprint density at radius 3 is 2.24 bits per heavy atom. The molecule has 0 aromatic carbocycles. The summed E-state index contributed by atoms with van der Waals surface area (Å²) in [7, 11) is 0. The number of halogens is 6. The Bertz CT molecular complexity index is 1200. The molecule has 1 unspecified atom stereocenters. The summed E-state index contributed by atoms with van der Waals surface area (Å²) in [6.45, 7) is 14.1. The van der Waals surface area contributed by atoms with Crippen LogP contribution in [0, 0.1) is 0 Å². The first-order valence-electron chi connectivity index (χ1n) is 11.7. The van der Waals surface area contributed by atoms with Gasteiger partial charge in [-0.05, 0) is 37.8 Å². The zero-order valence-electron chi connectivity index (χ0n) is 21.5. The van der Waals surface area contributed by atoms with Gasteiger partial charge in [0.05, 0.1) is 5.69 Å². The Hall–Kier alpha value is -2.99. The molecule has 2 aromatic rings. The van der Waals surface area contributed by atoms with Gasteiger partial charge in [0.1, 0.15) is 11.0 Å². The Kier molecular flexibility index (Phi) is 10.4. The molecule has 0 radical (unpaired) electrons. The second-order valence-corrected chi connectivity index (χ2v) is 9.35. The van der Waals surface area contributed by atoms with E-state index in [-0.39, 0.29) is 17.7 Å². The Morgan fingerprint density at radius 2 is 1.76 bits per heavy atom. The van der Waals surface area contributed by atoms with Crippen molar-refractivity contribution in [3.05, 3.63) is 76.9 Å². The Labute approximate surface area is 221 Å². The summed E-state index contributed by atoms with van der Waals surface area (Å²) in [5.41, 5.74) is 0.535. The molecular weight excluding hydrogens is 530 g/mol. The zero-order chi connectivity index (χ0) is 28.7. The van der Waals surface area contributed by atoms with Crippen molar-refractivity contribution in [2.45, 2.75) is 64.3 Å². The lowest BCUT2D eigenvalue weighted by Crippen LogP contribution is -2.49. The number of rotatable bonds is 12. The van der Waals surface area contributed by atoms with Crippen LogP contribution < -0.4 is 5.32 Å². The quantitative estimate of drug-likeness (QED) is 0.211. The van der Waals surface area contributed by atoms with E-state index < -0.39 is 35.5 Å². The highest BCUT2D eigenvalue weighted by Gasteiger charge is 2.43. The minimum absolute atomic E-state index is 0.0392. The average Bonchev–Trinajstić information content (AvgIpc) is 3.53. The highest BCUT2D eigenvalue weighted by molar-refractivity contribution is 7.10. The molecule has 12 heteroatoms. The fourth-order valence-corrected chi connectivity index (χ4v) is 5.00. The summed E-state index contributed by atoms with van der Waals surface area (Å²) in [6.07, 6.45) is -1.52. The molecule has 0 aliphatic carbocycles. The van der Waals surface area contributed by atoms with E-state index in [1.54, 1.807) is 6.08 Å². The molecule has 2 heterocycles. The van der Waals surface area contributed by atoms with Gasteiger partial charge in [0, 0.05) is 22.9 Å². The summed E-state index contributed by atoms with van der Waals surface area (Å²) < 4.78 is 85.4. The summed E-state index contributed by atoms with van der Waals surface area (Å²) in [4.78, 5) is 7.96. The van der Waals surface area contributed by atoms with Crippen LogP contribution in [0.25, 0.3) is 11.1 Å². The van der Waals surface area contributed by atoms with Crippen LogP contribution in [0.3, 0.4) is 0 Å². The molecule has 1 atom stereocenters. The highest BCUT2D eigenvalue weighted by Crippen LogP contribution is 2.36. The topological polar surface area (TPSA) is 63.8 Å². The van der Waals surface area contributed by atoms with Gasteiger partial charge in [-0.2, -0.15) is 31.3 Å². The maximum atomic E-state index is 14.2. The van der Waals surface area contributed by atoms with Crippen LogP contribution >= 0.6 is 11.3 Å². The van der Waals surface area contributed by atoms with Crippen LogP contribution in [0.5, 0.6) is 0 Å². The van der Waals surface area contributed by atoms with Crippen molar-refractivity contribution in [1.29, 1.82) is 0 Å². The number of nitrogens with zero attached hydrogens (tertiary/aromatic N) is 3. The van der Waals surface area contributed by atoms with Gasteiger partial charge in [0.15, 0.2) is 0 Å². The number of thiazole rings is 1. The number of hydrogen-bond acceptors (Lipinski definition) is 6. The fraction of sp³-hybridized carbons (Fsp3) is 0.423. The third-order valence-electron chi connectivity index (χ3n) is 6.17. The number of aromatic nitrogens is 3. The molecule has 0 aliphatic heterocycles.